The fraction of sp³-hybridized carbons (Fsp3) is 0. The molecule has 0 saturated heterocycles. The van der Waals surface area contributed by atoms with Crippen LogP contribution in [0, 0.1) is 0 Å². The van der Waals surface area contributed by atoms with Gasteiger partial charge in [-0.1, -0.05) is 133 Å². The smallest absolute Gasteiger partial charge is 0.164 e. The second-order valence-electron chi connectivity index (χ2n) is 11.6. The average molecular weight is 602 g/mol. The van der Waals surface area contributed by atoms with E-state index in [0.29, 0.717) is 17.5 Å². The molecule has 7 aromatic carbocycles. The summed E-state index contributed by atoms with van der Waals surface area (Å²) in [5, 5.41) is 4.44. The molecule has 0 saturated carbocycles. The molecule has 0 N–H and O–H groups in total. The Morgan fingerprint density at radius 3 is 1.64 bits per heavy atom. The molecule has 0 bridgehead atoms. The molecule has 0 amide bonds. The van der Waals surface area contributed by atoms with Gasteiger partial charge in [0.25, 0.3) is 0 Å². The number of benzene rings is 7. The maximum absolute atomic E-state index is 6.24. The van der Waals surface area contributed by atoms with Gasteiger partial charge >= 0.3 is 0 Å². The minimum Gasteiger partial charge on any atom is -0.456 e. The van der Waals surface area contributed by atoms with Gasteiger partial charge in [-0.25, -0.2) is 15.0 Å². The molecule has 0 radical (unpaired) electrons. The summed E-state index contributed by atoms with van der Waals surface area (Å²) in [6, 6.07) is 56.3. The fourth-order valence-corrected chi connectivity index (χ4v) is 6.45. The number of furan rings is 1. The van der Waals surface area contributed by atoms with E-state index in [0.717, 1.165) is 71.7 Å². The van der Waals surface area contributed by atoms with Gasteiger partial charge in [-0.2, -0.15) is 0 Å². The highest BCUT2D eigenvalue weighted by molar-refractivity contribution is 6.08. The monoisotopic (exact) mass is 601 g/mol. The van der Waals surface area contributed by atoms with Crippen LogP contribution >= 0.6 is 0 Å². The third kappa shape index (κ3) is 4.84. The van der Waals surface area contributed by atoms with Crippen molar-refractivity contribution in [2.75, 3.05) is 0 Å². The summed E-state index contributed by atoms with van der Waals surface area (Å²) in [6.45, 7) is 0. The lowest BCUT2D eigenvalue weighted by atomic mass is 9.94. The predicted molar refractivity (Wildman–Crippen MR) is 192 cm³/mol. The van der Waals surface area contributed by atoms with Crippen LogP contribution in [0.4, 0.5) is 0 Å². The van der Waals surface area contributed by atoms with Crippen molar-refractivity contribution in [2.24, 2.45) is 0 Å². The summed E-state index contributed by atoms with van der Waals surface area (Å²) in [5.74, 6) is 1.91. The standard InChI is InChI=1S/C43H27N3O/c1-3-12-28(13-4-1)30-16-11-17-32(26-30)42-44-41(29-14-5-2-6-15-29)45-43(46-42)38-25-24-33(34-18-7-8-19-35(34)38)31-22-23-37-36-20-9-10-21-39(36)47-40(37)27-31/h1-27H. The maximum Gasteiger partial charge on any atom is 0.164 e. The lowest BCUT2D eigenvalue weighted by molar-refractivity contribution is 0.669. The summed E-state index contributed by atoms with van der Waals surface area (Å²) >= 11 is 0. The Hall–Kier alpha value is -6.39. The van der Waals surface area contributed by atoms with E-state index in [-0.39, 0.29) is 0 Å². The van der Waals surface area contributed by atoms with Crippen molar-refractivity contribution < 1.29 is 4.42 Å². The van der Waals surface area contributed by atoms with Crippen molar-refractivity contribution in [3.8, 4) is 56.4 Å². The number of fused-ring (bicyclic) bond motifs is 4. The first-order valence-electron chi connectivity index (χ1n) is 15.7. The Balaban J connectivity index is 1.21. The molecule has 2 heterocycles. The molecule has 0 unspecified atom stereocenters. The van der Waals surface area contributed by atoms with E-state index in [1.165, 1.54) is 0 Å². The van der Waals surface area contributed by atoms with Crippen LogP contribution in [0.2, 0.25) is 0 Å². The van der Waals surface area contributed by atoms with Gasteiger partial charge in [-0.3, -0.25) is 0 Å². The van der Waals surface area contributed by atoms with E-state index in [1.54, 1.807) is 0 Å². The van der Waals surface area contributed by atoms with Crippen LogP contribution in [0.25, 0.3) is 89.1 Å². The van der Waals surface area contributed by atoms with Gasteiger partial charge in [0, 0.05) is 27.5 Å². The topological polar surface area (TPSA) is 51.8 Å². The Bertz CT molecular complexity index is 2570. The molecule has 47 heavy (non-hydrogen) atoms. The van der Waals surface area contributed by atoms with Gasteiger partial charge in [0.05, 0.1) is 0 Å². The Morgan fingerprint density at radius 1 is 0.298 bits per heavy atom. The highest BCUT2D eigenvalue weighted by atomic mass is 16.3. The van der Waals surface area contributed by atoms with Gasteiger partial charge in [0.1, 0.15) is 11.2 Å². The molecule has 0 aliphatic carbocycles. The molecule has 0 atom stereocenters. The summed E-state index contributed by atoms with van der Waals surface area (Å²) in [6.07, 6.45) is 0. The Morgan fingerprint density at radius 2 is 0.851 bits per heavy atom. The summed E-state index contributed by atoms with van der Waals surface area (Å²) in [5.41, 5.74) is 9.09. The van der Waals surface area contributed by atoms with Crippen molar-refractivity contribution in [3.05, 3.63) is 164 Å². The van der Waals surface area contributed by atoms with Crippen molar-refractivity contribution >= 4 is 32.7 Å². The average Bonchev–Trinajstić information content (AvgIpc) is 3.53. The van der Waals surface area contributed by atoms with Gasteiger partial charge in [0.15, 0.2) is 17.5 Å². The van der Waals surface area contributed by atoms with Crippen LogP contribution in [0.1, 0.15) is 0 Å². The van der Waals surface area contributed by atoms with Crippen LogP contribution in [-0.4, -0.2) is 15.0 Å². The summed E-state index contributed by atoms with van der Waals surface area (Å²) < 4.78 is 6.24. The molecule has 0 aliphatic heterocycles. The second kappa shape index (κ2) is 11.2. The Labute approximate surface area is 271 Å². The highest BCUT2D eigenvalue weighted by Gasteiger charge is 2.17. The van der Waals surface area contributed by atoms with Crippen LogP contribution in [-0.2, 0) is 0 Å². The number of aromatic nitrogens is 3. The van der Waals surface area contributed by atoms with Crippen LogP contribution < -0.4 is 0 Å². The lowest BCUT2D eigenvalue weighted by Crippen LogP contribution is -2.01. The molecule has 4 heteroatoms. The van der Waals surface area contributed by atoms with Crippen molar-refractivity contribution in [3.63, 3.8) is 0 Å². The molecular weight excluding hydrogens is 574 g/mol. The summed E-state index contributed by atoms with van der Waals surface area (Å²) in [7, 11) is 0. The van der Waals surface area contributed by atoms with E-state index >= 15 is 0 Å². The zero-order chi connectivity index (χ0) is 31.2. The second-order valence-corrected chi connectivity index (χ2v) is 11.6. The van der Waals surface area contributed by atoms with Gasteiger partial charge in [-0.05, 0) is 63.4 Å². The summed E-state index contributed by atoms with van der Waals surface area (Å²) in [4.78, 5) is 15.2. The van der Waals surface area contributed by atoms with Crippen molar-refractivity contribution in [1.29, 1.82) is 0 Å². The number of para-hydroxylation sites is 1. The SMILES string of the molecule is c1ccc(-c2cccc(-c3nc(-c4ccccc4)nc(-c4ccc(-c5ccc6c(c5)oc5ccccc56)c5ccccc45)n3)c2)cc1. The number of rotatable bonds is 5. The third-order valence-electron chi connectivity index (χ3n) is 8.75. The molecule has 4 nitrogen and oxygen atoms in total. The minimum atomic E-state index is 0.634. The largest absolute Gasteiger partial charge is 0.456 e. The quantitative estimate of drug-likeness (QED) is 0.197. The zero-order valence-corrected chi connectivity index (χ0v) is 25.3. The third-order valence-corrected chi connectivity index (χ3v) is 8.75. The Kier molecular flexibility index (Phi) is 6.43. The van der Waals surface area contributed by atoms with Crippen molar-refractivity contribution in [1.82, 2.24) is 15.0 Å². The minimum absolute atomic E-state index is 0.634. The van der Waals surface area contributed by atoms with E-state index in [1.807, 2.05) is 54.6 Å². The van der Waals surface area contributed by atoms with E-state index in [9.17, 15) is 0 Å². The fourth-order valence-electron chi connectivity index (χ4n) is 6.45. The first kappa shape index (κ1) is 27.0. The molecule has 0 aliphatic rings. The van der Waals surface area contributed by atoms with Gasteiger partial charge < -0.3 is 4.42 Å². The van der Waals surface area contributed by atoms with Crippen molar-refractivity contribution in [2.45, 2.75) is 0 Å². The number of nitrogens with zero attached hydrogens (tertiary/aromatic N) is 3. The molecule has 9 rings (SSSR count). The van der Waals surface area contributed by atoms with E-state index in [2.05, 4.69) is 109 Å². The van der Waals surface area contributed by atoms with Crippen LogP contribution in [0.15, 0.2) is 168 Å². The molecule has 0 fully saturated rings. The molecule has 2 aromatic heterocycles. The van der Waals surface area contributed by atoms with Crippen LogP contribution in [0.5, 0.6) is 0 Å². The molecular formula is C43H27N3O. The van der Waals surface area contributed by atoms with Gasteiger partial charge in [0.2, 0.25) is 0 Å². The molecule has 220 valence electrons. The maximum atomic E-state index is 6.24. The molecule has 0 spiro atoms. The lowest BCUT2D eigenvalue weighted by Gasteiger charge is -2.13. The van der Waals surface area contributed by atoms with Crippen LogP contribution in [0.3, 0.4) is 0 Å². The number of hydrogen-bond donors (Lipinski definition) is 0. The normalized spacial score (nSPS) is 11.4. The van der Waals surface area contributed by atoms with Gasteiger partial charge in [-0.15, -0.1) is 0 Å². The zero-order valence-electron chi connectivity index (χ0n) is 25.3. The first-order valence-corrected chi connectivity index (χ1v) is 15.7. The molecule has 9 aromatic rings. The highest BCUT2D eigenvalue weighted by Crippen LogP contribution is 2.38. The number of hydrogen-bond acceptors (Lipinski definition) is 4. The predicted octanol–water partition coefficient (Wildman–Crippen LogP) is 11.3. The first-order chi connectivity index (χ1) is 23.3. The van der Waals surface area contributed by atoms with E-state index in [4.69, 9.17) is 19.4 Å². The van der Waals surface area contributed by atoms with E-state index < -0.39 is 0 Å².